The average molecular weight is 235 g/mol. The Morgan fingerprint density at radius 2 is 1.71 bits per heavy atom. The van der Waals surface area contributed by atoms with Gasteiger partial charge in [0.15, 0.2) is 0 Å². The van der Waals surface area contributed by atoms with E-state index in [0.717, 1.165) is 0 Å². The second-order valence-corrected chi connectivity index (χ2v) is 3.69. The van der Waals surface area contributed by atoms with Crippen LogP contribution in [0.5, 0.6) is 0 Å². The molecule has 2 N–H and O–H groups in total. The molecule has 1 rings (SSSR count). The van der Waals surface area contributed by atoms with Crippen molar-refractivity contribution < 1.29 is 19.5 Å². The first-order chi connectivity index (χ1) is 7.91. The maximum Gasteiger partial charge on any atom is 0.372 e. The fourth-order valence-corrected chi connectivity index (χ4v) is 1.39. The minimum Gasteiger partial charge on any atom is -0.475 e. The zero-order valence-electron chi connectivity index (χ0n) is 9.56. The number of Topliss-reactive ketones (excluding diaryl/α,β-unsaturated/α-hetero) is 1. The Bertz CT molecular complexity index is 450. The number of nitrogens with one attached hydrogen (secondary N) is 1. The summed E-state index contributed by atoms with van der Waals surface area (Å²) in [5.74, 6) is -3.17. The molecule has 1 aromatic rings. The minimum absolute atomic E-state index is 0.188. The molecule has 0 heterocycles. The molecule has 5 nitrogen and oxygen atoms in total. The molecule has 0 fully saturated rings. The van der Waals surface area contributed by atoms with E-state index in [9.17, 15) is 14.4 Å². The van der Waals surface area contributed by atoms with E-state index in [2.05, 4.69) is 5.32 Å². The third-order valence-electron chi connectivity index (χ3n) is 2.34. The van der Waals surface area contributed by atoms with Gasteiger partial charge in [0, 0.05) is 12.6 Å². The van der Waals surface area contributed by atoms with E-state index in [1.165, 1.54) is 13.8 Å². The largest absolute Gasteiger partial charge is 0.475 e. The lowest BCUT2D eigenvalue weighted by Crippen LogP contribution is -2.19. The van der Waals surface area contributed by atoms with Crippen LogP contribution in [-0.4, -0.2) is 22.8 Å². The van der Waals surface area contributed by atoms with Crippen LogP contribution in [0, 0.1) is 0 Å². The molecule has 90 valence electrons. The van der Waals surface area contributed by atoms with Crippen molar-refractivity contribution in [2.75, 3.05) is 5.32 Å². The summed E-state index contributed by atoms with van der Waals surface area (Å²) in [6.07, 6.45) is 0. The van der Waals surface area contributed by atoms with Crippen LogP contribution < -0.4 is 5.32 Å². The van der Waals surface area contributed by atoms with Gasteiger partial charge in [-0.15, -0.1) is 0 Å². The van der Waals surface area contributed by atoms with Gasteiger partial charge >= 0.3 is 5.97 Å². The van der Waals surface area contributed by atoms with Gasteiger partial charge in [0.25, 0.3) is 0 Å². The second-order valence-electron chi connectivity index (χ2n) is 3.69. The van der Waals surface area contributed by atoms with Gasteiger partial charge in [-0.1, -0.05) is 19.1 Å². The molecule has 0 aliphatic rings. The van der Waals surface area contributed by atoms with Crippen LogP contribution in [0.2, 0.25) is 0 Å². The number of anilines is 1. The lowest BCUT2D eigenvalue weighted by atomic mass is 9.96. The van der Waals surface area contributed by atoms with Crippen molar-refractivity contribution in [2.24, 2.45) is 0 Å². The molecule has 0 saturated heterocycles. The fraction of sp³-hybridized carbons (Fsp3) is 0.250. The van der Waals surface area contributed by atoms with Crippen molar-refractivity contribution in [3.05, 3.63) is 29.8 Å². The SMILES string of the molecule is CC(=O)Nc1ccc(C(C)C(=O)C(=O)O)cc1. The summed E-state index contributed by atoms with van der Waals surface area (Å²) in [4.78, 5) is 32.5. The van der Waals surface area contributed by atoms with Gasteiger partial charge in [0.2, 0.25) is 11.7 Å². The number of benzene rings is 1. The summed E-state index contributed by atoms with van der Waals surface area (Å²) in [5.41, 5.74) is 1.21. The molecule has 0 bridgehead atoms. The number of ketones is 1. The summed E-state index contributed by atoms with van der Waals surface area (Å²) in [5, 5.41) is 11.2. The molecule has 0 aliphatic heterocycles. The van der Waals surface area contributed by atoms with Crippen LogP contribution in [0.25, 0.3) is 0 Å². The molecule has 17 heavy (non-hydrogen) atoms. The van der Waals surface area contributed by atoms with Gasteiger partial charge in [-0.3, -0.25) is 9.59 Å². The first-order valence-corrected chi connectivity index (χ1v) is 5.06. The van der Waals surface area contributed by atoms with E-state index in [4.69, 9.17) is 5.11 Å². The molecule has 1 unspecified atom stereocenters. The Labute approximate surface area is 98.4 Å². The summed E-state index contributed by atoms with van der Waals surface area (Å²) in [6.45, 7) is 2.92. The van der Waals surface area contributed by atoms with E-state index in [1.807, 2.05) is 0 Å². The maximum absolute atomic E-state index is 11.2. The third-order valence-corrected chi connectivity index (χ3v) is 2.34. The number of carboxylic acids is 1. The number of aliphatic carboxylic acids is 1. The minimum atomic E-state index is -1.44. The number of carbonyl (C=O) groups is 3. The highest BCUT2D eigenvalue weighted by molar-refractivity contribution is 6.34. The fourth-order valence-electron chi connectivity index (χ4n) is 1.39. The van der Waals surface area contributed by atoms with Gasteiger partial charge < -0.3 is 10.4 Å². The Kier molecular flexibility index (Phi) is 3.98. The molecule has 1 atom stereocenters. The summed E-state index contributed by atoms with van der Waals surface area (Å²) in [6, 6.07) is 6.50. The molecule has 0 radical (unpaired) electrons. The zero-order valence-corrected chi connectivity index (χ0v) is 9.56. The molecular formula is C12H13NO4. The lowest BCUT2D eigenvalue weighted by Gasteiger charge is -2.09. The van der Waals surface area contributed by atoms with Gasteiger partial charge in [-0.25, -0.2) is 4.79 Å². The van der Waals surface area contributed by atoms with Crippen molar-refractivity contribution in [3.8, 4) is 0 Å². The quantitative estimate of drug-likeness (QED) is 0.773. The van der Waals surface area contributed by atoms with Crippen LogP contribution in [0.3, 0.4) is 0 Å². The van der Waals surface area contributed by atoms with E-state index < -0.39 is 17.7 Å². The van der Waals surface area contributed by atoms with E-state index in [1.54, 1.807) is 24.3 Å². The summed E-state index contributed by atoms with van der Waals surface area (Å²) in [7, 11) is 0. The van der Waals surface area contributed by atoms with Gasteiger partial charge in [0.05, 0.1) is 5.92 Å². The monoisotopic (exact) mass is 235 g/mol. The Balaban J connectivity index is 2.83. The highest BCUT2D eigenvalue weighted by Gasteiger charge is 2.21. The third kappa shape index (κ3) is 3.41. The number of hydrogen-bond donors (Lipinski definition) is 2. The molecule has 0 aromatic heterocycles. The molecule has 0 aliphatic carbocycles. The Hall–Kier alpha value is -2.17. The van der Waals surface area contributed by atoms with E-state index >= 15 is 0 Å². The van der Waals surface area contributed by atoms with Crippen molar-refractivity contribution >= 4 is 23.3 Å². The van der Waals surface area contributed by atoms with Crippen LogP contribution in [0.15, 0.2) is 24.3 Å². The molecular weight excluding hydrogens is 222 g/mol. The average Bonchev–Trinajstić information content (AvgIpc) is 2.27. The smallest absolute Gasteiger partial charge is 0.372 e. The highest BCUT2D eigenvalue weighted by atomic mass is 16.4. The molecule has 0 spiro atoms. The lowest BCUT2D eigenvalue weighted by molar-refractivity contribution is -0.149. The number of hydrogen-bond acceptors (Lipinski definition) is 3. The second kappa shape index (κ2) is 5.25. The van der Waals surface area contributed by atoms with Crippen LogP contribution in [-0.2, 0) is 14.4 Å². The van der Waals surface area contributed by atoms with Gasteiger partial charge in [-0.05, 0) is 17.7 Å². The topological polar surface area (TPSA) is 83.5 Å². The van der Waals surface area contributed by atoms with Crippen LogP contribution in [0.1, 0.15) is 25.3 Å². The number of carbonyl (C=O) groups excluding carboxylic acids is 2. The maximum atomic E-state index is 11.2. The number of carboxylic acid groups (broad SMARTS) is 1. The van der Waals surface area contributed by atoms with Crippen LogP contribution in [0.4, 0.5) is 5.69 Å². The Morgan fingerprint density at radius 1 is 1.18 bits per heavy atom. The van der Waals surface area contributed by atoms with Crippen molar-refractivity contribution in [3.63, 3.8) is 0 Å². The van der Waals surface area contributed by atoms with Gasteiger partial charge in [0.1, 0.15) is 0 Å². The first-order valence-electron chi connectivity index (χ1n) is 5.06. The predicted octanol–water partition coefficient (Wildman–Crippen LogP) is 1.40. The van der Waals surface area contributed by atoms with Crippen molar-refractivity contribution in [2.45, 2.75) is 19.8 Å². The predicted molar refractivity (Wildman–Crippen MR) is 61.8 cm³/mol. The normalized spacial score (nSPS) is 11.6. The van der Waals surface area contributed by atoms with Crippen molar-refractivity contribution in [1.82, 2.24) is 0 Å². The zero-order chi connectivity index (χ0) is 13.0. The van der Waals surface area contributed by atoms with E-state index in [0.29, 0.717) is 11.3 Å². The summed E-state index contributed by atoms with van der Waals surface area (Å²) >= 11 is 0. The summed E-state index contributed by atoms with van der Waals surface area (Å²) < 4.78 is 0. The molecule has 0 saturated carbocycles. The number of amides is 1. The van der Waals surface area contributed by atoms with Crippen molar-refractivity contribution in [1.29, 1.82) is 0 Å². The highest BCUT2D eigenvalue weighted by Crippen LogP contribution is 2.19. The molecule has 1 amide bonds. The van der Waals surface area contributed by atoms with Crippen LogP contribution >= 0.6 is 0 Å². The molecule has 1 aromatic carbocycles. The molecule has 5 heteroatoms. The standard InChI is InChI=1S/C12H13NO4/c1-7(11(15)12(16)17)9-3-5-10(6-4-9)13-8(2)14/h3-7H,1-2H3,(H,13,14)(H,16,17). The Morgan fingerprint density at radius 3 is 2.12 bits per heavy atom. The van der Waals surface area contributed by atoms with E-state index in [-0.39, 0.29) is 5.91 Å². The van der Waals surface area contributed by atoms with Gasteiger partial charge in [-0.2, -0.15) is 0 Å². The number of rotatable bonds is 4. The first kappa shape index (κ1) is 12.9.